The highest BCUT2D eigenvalue weighted by Gasteiger charge is 2.09. The van der Waals surface area contributed by atoms with Crippen LogP contribution in [0.15, 0.2) is 45.8 Å². The third-order valence-electron chi connectivity index (χ3n) is 4.26. The maximum atomic E-state index is 5.58. The van der Waals surface area contributed by atoms with Crippen molar-refractivity contribution in [3.05, 3.63) is 59.3 Å². The average Bonchev–Trinajstić information content (AvgIpc) is 3.26. The Labute approximate surface area is 171 Å². The number of nitrogens with zero attached hydrogens (tertiary/aromatic N) is 3. The summed E-state index contributed by atoms with van der Waals surface area (Å²) in [6, 6.07) is 8.58. The third-order valence-corrected chi connectivity index (χ3v) is 4.26. The van der Waals surface area contributed by atoms with E-state index in [0.717, 1.165) is 30.5 Å². The fourth-order valence-corrected chi connectivity index (χ4v) is 2.73. The number of oxazole rings is 1. The zero-order chi connectivity index (χ0) is 17.6. The Hall–Kier alpha value is -2.03. The molecule has 1 aromatic carbocycles. The molecule has 6 nitrogen and oxygen atoms in total. The molecule has 0 aliphatic carbocycles. The highest BCUT2D eigenvalue weighted by molar-refractivity contribution is 14.0. The number of aliphatic imine (C=N–C) groups is 1. The molecule has 1 aromatic heterocycles. The number of nitrogens with one attached hydrogen (secondary N) is 2. The predicted molar refractivity (Wildman–Crippen MR) is 116 cm³/mol. The maximum absolute atomic E-state index is 5.58. The van der Waals surface area contributed by atoms with Crippen molar-refractivity contribution in [2.75, 3.05) is 25.0 Å². The van der Waals surface area contributed by atoms with Gasteiger partial charge in [-0.3, -0.25) is 4.99 Å². The number of halogens is 1. The van der Waals surface area contributed by atoms with Crippen molar-refractivity contribution >= 4 is 35.6 Å². The van der Waals surface area contributed by atoms with Crippen molar-refractivity contribution in [3.8, 4) is 0 Å². The van der Waals surface area contributed by atoms with Crippen molar-refractivity contribution in [2.45, 2.75) is 26.9 Å². The lowest BCUT2D eigenvalue weighted by atomic mass is 10.2. The molecule has 2 heterocycles. The van der Waals surface area contributed by atoms with Crippen LogP contribution < -0.4 is 15.5 Å². The van der Waals surface area contributed by atoms with Crippen LogP contribution in [0.5, 0.6) is 0 Å². The highest BCUT2D eigenvalue weighted by Crippen LogP contribution is 2.18. The molecule has 140 valence electrons. The number of benzene rings is 1. The summed E-state index contributed by atoms with van der Waals surface area (Å²) in [7, 11) is 1.76. The molecule has 0 fully saturated rings. The van der Waals surface area contributed by atoms with Crippen molar-refractivity contribution in [1.29, 1.82) is 0 Å². The maximum Gasteiger partial charge on any atom is 0.214 e. The van der Waals surface area contributed by atoms with Gasteiger partial charge in [0.1, 0.15) is 5.76 Å². The van der Waals surface area contributed by atoms with Gasteiger partial charge in [0.2, 0.25) is 5.89 Å². The van der Waals surface area contributed by atoms with Gasteiger partial charge in [-0.25, -0.2) is 4.98 Å². The zero-order valence-corrected chi connectivity index (χ0v) is 17.8. The van der Waals surface area contributed by atoms with Crippen molar-refractivity contribution < 1.29 is 4.42 Å². The number of rotatable bonds is 5. The summed E-state index contributed by atoms with van der Waals surface area (Å²) in [5, 5.41) is 6.56. The standard InChI is InChI=1S/C19H25N5O.HI/c1-14-15(2)25-18(23-14)13-22-19(20-3)21-12-16-7-6-8-17(11-16)24-9-4-5-10-24;/h4-8,11H,9-10,12-13H2,1-3H3,(H2,20,21,22);1H. The van der Waals surface area contributed by atoms with Gasteiger partial charge in [0.05, 0.1) is 12.2 Å². The summed E-state index contributed by atoms with van der Waals surface area (Å²) < 4.78 is 5.58. The third kappa shape index (κ3) is 5.23. The van der Waals surface area contributed by atoms with Gasteiger partial charge in [-0.1, -0.05) is 24.3 Å². The molecule has 1 aliphatic rings. The second-order valence-electron chi connectivity index (χ2n) is 6.07. The lowest BCUT2D eigenvalue weighted by Gasteiger charge is -2.19. The number of guanidine groups is 1. The van der Waals surface area contributed by atoms with Crippen LogP contribution >= 0.6 is 24.0 Å². The first-order valence-corrected chi connectivity index (χ1v) is 8.52. The number of anilines is 1. The van der Waals surface area contributed by atoms with Crippen LogP contribution in [0, 0.1) is 13.8 Å². The van der Waals surface area contributed by atoms with Crippen LogP contribution in [0.1, 0.15) is 22.9 Å². The Kier molecular flexibility index (Phi) is 7.50. The van der Waals surface area contributed by atoms with Gasteiger partial charge in [0.25, 0.3) is 0 Å². The molecular formula is C19H26IN5O. The van der Waals surface area contributed by atoms with Gasteiger partial charge < -0.3 is 20.0 Å². The number of aryl methyl sites for hydroxylation is 2. The van der Waals surface area contributed by atoms with E-state index >= 15 is 0 Å². The van der Waals surface area contributed by atoms with Gasteiger partial charge >= 0.3 is 0 Å². The molecule has 7 heteroatoms. The Morgan fingerprint density at radius 2 is 1.92 bits per heavy atom. The van der Waals surface area contributed by atoms with Gasteiger partial charge in [-0.05, 0) is 31.5 Å². The van der Waals surface area contributed by atoms with E-state index in [1.165, 1.54) is 11.3 Å². The normalized spacial score (nSPS) is 13.7. The molecule has 2 N–H and O–H groups in total. The van der Waals surface area contributed by atoms with E-state index in [-0.39, 0.29) is 24.0 Å². The molecule has 3 rings (SSSR count). The first kappa shape index (κ1) is 20.3. The van der Waals surface area contributed by atoms with Crippen molar-refractivity contribution in [1.82, 2.24) is 15.6 Å². The van der Waals surface area contributed by atoms with Crippen LogP contribution in [-0.2, 0) is 13.1 Å². The smallest absolute Gasteiger partial charge is 0.214 e. The number of hydrogen-bond acceptors (Lipinski definition) is 4. The van der Waals surface area contributed by atoms with E-state index in [9.17, 15) is 0 Å². The summed E-state index contributed by atoms with van der Waals surface area (Å²) >= 11 is 0. The van der Waals surface area contributed by atoms with Gasteiger partial charge in [0, 0.05) is 32.4 Å². The summed E-state index contributed by atoms with van der Waals surface area (Å²) in [4.78, 5) is 11.0. The molecular weight excluding hydrogens is 441 g/mol. The second-order valence-corrected chi connectivity index (χ2v) is 6.07. The molecule has 26 heavy (non-hydrogen) atoms. The molecule has 0 unspecified atom stereocenters. The topological polar surface area (TPSA) is 65.7 Å². The fraction of sp³-hybridized carbons (Fsp3) is 0.368. The first-order chi connectivity index (χ1) is 12.2. The molecule has 0 radical (unpaired) electrons. The lowest BCUT2D eigenvalue weighted by molar-refractivity contribution is 0.463. The summed E-state index contributed by atoms with van der Waals surface area (Å²) in [6.07, 6.45) is 4.39. The Bertz CT molecular complexity index is 756. The van der Waals surface area contributed by atoms with Crippen LogP contribution in [-0.4, -0.2) is 31.1 Å². The van der Waals surface area contributed by atoms with Crippen molar-refractivity contribution in [2.24, 2.45) is 4.99 Å². The molecule has 1 aliphatic heterocycles. The molecule has 0 saturated carbocycles. The Morgan fingerprint density at radius 1 is 1.19 bits per heavy atom. The average molecular weight is 467 g/mol. The minimum Gasteiger partial charge on any atom is -0.444 e. The van der Waals surface area contributed by atoms with E-state index in [4.69, 9.17) is 4.42 Å². The number of hydrogen-bond donors (Lipinski definition) is 2. The summed E-state index contributed by atoms with van der Waals surface area (Å²) in [6.45, 7) is 7.04. The van der Waals surface area contributed by atoms with Crippen LogP contribution in [0.2, 0.25) is 0 Å². The zero-order valence-electron chi connectivity index (χ0n) is 15.5. The van der Waals surface area contributed by atoms with Crippen LogP contribution in [0.4, 0.5) is 5.69 Å². The van der Waals surface area contributed by atoms with E-state index in [1.54, 1.807) is 7.05 Å². The van der Waals surface area contributed by atoms with Crippen molar-refractivity contribution in [3.63, 3.8) is 0 Å². The van der Waals surface area contributed by atoms with E-state index in [0.29, 0.717) is 19.0 Å². The fourth-order valence-electron chi connectivity index (χ4n) is 2.73. The van der Waals surface area contributed by atoms with Gasteiger partial charge in [0.15, 0.2) is 5.96 Å². The van der Waals surface area contributed by atoms with E-state index in [1.807, 2.05) is 13.8 Å². The van der Waals surface area contributed by atoms with Gasteiger partial charge in [-0.2, -0.15) is 0 Å². The SMILES string of the molecule is CN=C(NCc1cccc(N2CC=CC2)c1)NCc1nc(C)c(C)o1.I. The molecule has 0 amide bonds. The monoisotopic (exact) mass is 467 g/mol. The quantitative estimate of drug-likeness (QED) is 0.306. The Morgan fingerprint density at radius 3 is 2.58 bits per heavy atom. The molecule has 2 aromatic rings. The van der Waals surface area contributed by atoms with E-state index < -0.39 is 0 Å². The Balaban J connectivity index is 0.00000243. The lowest BCUT2D eigenvalue weighted by Crippen LogP contribution is -2.36. The van der Waals surface area contributed by atoms with E-state index in [2.05, 4.69) is 61.9 Å². The minimum atomic E-state index is 0. The predicted octanol–water partition coefficient (Wildman–Crippen LogP) is 3.15. The largest absolute Gasteiger partial charge is 0.444 e. The molecule has 0 spiro atoms. The minimum absolute atomic E-state index is 0. The molecule has 0 saturated heterocycles. The second kappa shape index (κ2) is 9.61. The first-order valence-electron chi connectivity index (χ1n) is 8.52. The number of aromatic nitrogens is 1. The molecule has 0 bridgehead atoms. The molecule has 0 atom stereocenters. The summed E-state index contributed by atoms with van der Waals surface area (Å²) in [5.41, 5.74) is 3.39. The van der Waals surface area contributed by atoms with Crippen LogP contribution in [0.3, 0.4) is 0 Å². The summed E-state index contributed by atoms with van der Waals surface area (Å²) in [5.74, 6) is 2.25. The van der Waals surface area contributed by atoms with Crippen LogP contribution in [0.25, 0.3) is 0 Å². The highest BCUT2D eigenvalue weighted by atomic mass is 127. The van der Waals surface area contributed by atoms with Gasteiger partial charge in [-0.15, -0.1) is 24.0 Å².